The second kappa shape index (κ2) is 9.07. The molecule has 0 bridgehead atoms. The Labute approximate surface area is 175 Å². The van der Waals surface area contributed by atoms with Gasteiger partial charge in [-0.15, -0.1) is 11.3 Å². The van der Waals surface area contributed by atoms with E-state index in [9.17, 15) is 4.79 Å². The second-order valence-electron chi connectivity index (χ2n) is 5.61. The highest BCUT2D eigenvalue weighted by Crippen LogP contribution is 2.39. The molecule has 0 saturated carbocycles. The molecule has 0 unspecified atom stereocenters. The van der Waals surface area contributed by atoms with Crippen LogP contribution < -0.4 is 14.2 Å². The van der Waals surface area contributed by atoms with Crippen LogP contribution in [0.25, 0.3) is 10.6 Å². The Morgan fingerprint density at radius 2 is 1.86 bits per heavy atom. The molecule has 3 aromatic rings. The minimum absolute atomic E-state index is 0.0747. The number of ether oxygens (including phenoxy) is 4. The predicted octanol–water partition coefficient (Wildman–Crippen LogP) is 4.96. The number of hydrogen-bond donors (Lipinski definition) is 0. The highest BCUT2D eigenvalue weighted by Gasteiger charge is 2.16. The van der Waals surface area contributed by atoms with Gasteiger partial charge in [-0.05, 0) is 46.3 Å². The molecule has 28 heavy (non-hydrogen) atoms. The van der Waals surface area contributed by atoms with Crippen molar-refractivity contribution >= 4 is 33.2 Å². The van der Waals surface area contributed by atoms with Crippen LogP contribution in [0.2, 0.25) is 0 Å². The largest absolute Gasteiger partial charge is 0.496 e. The lowest BCUT2D eigenvalue weighted by molar-refractivity contribution is 0.0468. The maximum Gasteiger partial charge on any atom is 0.338 e. The summed E-state index contributed by atoms with van der Waals surface area (Å²) in [6, 6.07) is 10.6. The van der Waals surface area contributed by atoms with Crippen molar-refractivity contribution < 1.29 is 23.7 Å². The first-order chi connectivity index (χ1) is 13.6. The van der Waals surface area contributed by atoms with Crippen molar-refractivity contribution in [2.24, 2.45) is 0 Å². The van der Waals surface area contributed by atoms with Gasteiger partial charge in [0.2, 0.25) is 0 Å². The molecule has 8 heteroatoms. The second-order valence-corrected chi connectivity index (χ2v) is 7.32. The molecule has 2 aromatic carbocycles. The number of methoxy groups -OCH3 is 3. The number of carbonyl (C=O) groups is 1. The zero-order chi connectivity index (χ0) is 20.1. The Hall–Kier alpha value is -2.58. The molecule has 0 aliphatic carbocycles. The Kier molecular flexibility index (Phi) is 6.53. The number of thiazole rings is 1. The Bertz CT molecular complexity index is 988. The average molecular weight is 464 g/mol. The molecule has 0 fully saturated rings. The van der Waals surface area contributed by atoms with Gasteiger partial charge in [0, 0.05) is 5.38 Å². The fraction of sp³-hybridized carbons (Fsp3) is 0.200. The number of esters is 1. The number of benzene rings is 2. The van der Waals surface area contributed by atoms with E-state index in [4.69, 9.17) is 18.9 Å². The summed E-state index contributed by atoms with van der Waals surface area (Å²) in [5.41, 5.74) is 1.91. The number of carbonyl (C=O) groups excluding carboxylic acids is 1. The highest BCUT2D eigenvalue weighted by atomic mass is 79.9. The minimum atomic E-state index is -0.433. The van der Waals surface area contributed by atoms with E-state index in [0.29, 0.717) is 33.0 Å². The van der Waals surface area contributed by atoms with Crippen LogP contribution in [0, 0.1) is 0 Å². The van der Waals surface area contributed by atoms with Crippen LogP contribution in [0.5, 0.6) is 17.2 Å². The molecule has 1 aromatic heterocycles. The Balaban J connectivity index is 1.72. The van der Waals surface area contributed by atoms with Gasteiger partial charge < -0.3 is 18.9 Å². The summed E-state index contributed by atoms with van der Waals surface area (Å²) in [5, 5.41) is 2.61. The van der Waals surface area contributed by atoms with E-state index in [1.54, 1.807) is 39.5 Å². The minimum Gasteiger partial charge on any atom is -0.496 e. The van der Waals surface area contributed by atoms with E-state index in [1.165, 1.54) is 11.3 Å². The van der Waals surface area contributed by atoms with Crippen molar-refractivity contribution in [3.8, 4) is 27.8 Å². The van der Waals surface area contributed by atoms with Crippen molar-refractivity contribution in [3.05, 3.63) is 57.5 Å². The summed E-state index contributed by atoms with van der Waals surface area (Å²) < 4.78 is 22.0. The van der Waals surface area contributed by atoms with Gasteiger partial charge >= 0.3 is 5.97 Å². The molecule has 0 N–H and O–H groups in total. The normalized spacial score (nSPS) is 10.4. The van der Waals surface area contributed by atoms with Crippen LogP contribution in [-0.2, 0) is 11.3 Å². The molecule has 1 heterocycles. The van der Waals surface area contributed by atoms with E-state index in [0.717, 1.165) is 10.6 Å². The third kappa shape index (κ3) is 4.28. The number of halogens is 1. The first kappa shape index (κ1) is 20.2. The lowest BCUT2D eigenvalue weighted by Crippen LogP contribution is -2.05. The molecular formula is C20H18BrNO5S. The third-order valence-electron chi connectivity index (χ3n) is 3.92. The molecular weight excluding hydrogens is 446 g/mol. The van der Waals surface area contributed by atoms with Gasteiger partial charge in [-0.1, -0.05) is 6.07 Å². The zero-order valence-corrected chi connectivity index (χ0v) is 17.9. The number of rotatable bonds is 7. The maximum absolute atomic E-state index is 12.3. The van der Waals surface area contributed by atoms with Gasteiger partial charge in [0.15, 0.2) is 11.5 Å². The summed E-state index contributed by atoms with van der Waals surface area (Å²) in [5.74, 6) is 1.46. The van der Waals surface area contributed by atoms with Crippen molar-refractivity contribution in [1.82, 2.24) is 4.98 Å². The van der Waals surface area contributed by atoms with E-state index in [1.807, 2.05) is 23.6 Å². The lowest BCUT2D eigenvalue weighted by atomic mass is 10.2. The van der Waals surface area contributed by atoms with Crippen molar-refractivity contribution in [3.63, 3.8) is 0 Å². The summed E-state index contributed by atoms with van der Waals surface area (Å²) in [6.07, 6.45) is 0. The number of nitrogens with zero attached hydrogens (tertiary/aromatic N) is 1. The molecule has 0 saturated heterocycles. The molecule has 0 aliphatic rings. The van der Waals surface area contributed by atoms with Crippen LogP contribution in [0.1, 0.15) is 16.1 Å². The molecule has 0 atom stereocenters. The SMILES string of the molecule is COc1ccc(C(=O)OCc2csc(-c3cccc(OC)c3OC)n2)cc1Br. The summed E-state index contributed by atoms with van der Waals surface area (Å²) in [6.45, 7) is 0.0747. The zero-order valence-electron chi connectivity index (χ0n) is 15.5. The molecule has 0 radical (unpaired) electrons. The Morgan fingerprint density at radius 3 is 2.54 bits per heavy atom. The summed E-state index contributed by atoms with van der Waals surface area (Å²) in [4.78, 5) is 16.8. The maximum atomic E-state index is 12.3. The van der Waals surface area contributed by atoms with E-state index < -0.39 is 5.97 Å². The standard InChI is InChI=1S/C20H18BrNO5S/c1-24-16-8-7-12(9-15(16)21)20(23)27-10-13-11-28-19(22-13)14-5-4-6-17(25-2)18(14)26-3/h4-9,11H,10H2,1-3H3. The fourth-order valence-corrected chi connectivity index (χ4v) is 3.94. The number of hydrogen-bond acceptors (Lipinski definition) is 7. The average Bonchev–Trinajstić information content (AvgIpc) is 3.20. The van der Waals surface area contributed by atoms with E-state index >= 15 is 0 Å². The monoisotopic (exact) mass is 463 g/mol. The summed E-state index contributed by atoms with van der Waals surface area (Å²) >= 11 is 4.80. The number of para-hydroxylation sites is 1. The smallest absolute Gasteiger partial charge is 0.338 e. The highest BCUT2D eigenvalue weighted by molar-refractivity contribution is 9.10. The van der Waals surface area contributed by atoms with E-state index in [-0.39, 0.29) is 6.61 Å². The fourth-order valence-electron chi connectivity index (χ4n) is 2.57. The van der Waals surface area contributed by atoms with Crippen LogP contribution >= 0.6 is 27.3 Å². The van der Waals surface area contributed by atoms with Crippen molar-refractivity contribution in [1.29, 1.82) is 0 Å². The van der Waals surface area contributed by atoms with Gasteiger partial charge in [0.1, 0.15) is 17.4 Å². The van der Waals surface area contributed by atoms with Crippen LogP contribution in [0.15, 0.2) is 46.3 Å². The van der Waals surface area contributed by atoms with Gasteiger partial charge in [0.25, 0.3) is 0 Å². The topological polar surface area (TPSA) is 66.9 Å². The third-order valence-corrected chi connectivity index (χ3v) is 5.47. The van der Waals surface area contributed by atoms with Crippen LogP contribution in [0.3, 0.4) is 0 Å². The van der Waals surface area contributed by atoms with E-state index in [2.05, 4.69) is 20.9 Å². The van der Waals surface area contributed by atoms with Gasteiger partial charge in [-0.3, -0.25) is 0 Å². The van der Waals surface area contributed by atoms with Crippen molar-refractivity contribution in [2.75, 3.05) is 21.3 Å². The van der Waals surface area contributed by atoms with Gasteiger partial charge in [0.05, 0.1) is 42.6 Å². The quantitative estimate of drug-likeness (QED) is 0.461. The Morgan fingerprint density at radius 1 is 1.07 bits per heavy atom. The van der Waals surface area contributed by atoms with Gasteiger partial charge in [-0.2, -0.15) is 0 Å². The van der Waals surface area contributed by atoms with Gasteiger partial charge in [-0.25, -0.2) is 9.78 Å². The first-order valence-electron chi connectivity index (χ1n) is 8.23. The van der Waals surface area contributed by atoms with Crippen molar-refractivity contribution in [2.45, 2.75) is 6.61 Å². The molecule has 6 nitrogen and oxygen atoms in total. The molecule has 146 valence electrons. The predicted molar refractivity (Wildman–Crippen MR) is 110 cm³/mol. The molecule has 0 spiro atoms. The number of aromatic nitrogens is 1. The van der Waals surface area contributed by atoms with Crippen LogP contribution in [-0.4, -0.2) is 32.3 Å². The lowest BCUT2D eigenvalue weighted by Gasteiger charge is -2.10. The molecule has 3 rings (SSSR count). The van der Waals surface area contributed by atoms with Crippen LogP contribution in [0.4, 0.5) is 0 Å². The molecule has 0 amide bonds. The first-order valence-corrected chi connectivity index (χ1v) is 9.91. The molecule has 0 aliphatic heterocycles. The summed E-state index contributed by atoms with van der Waals surface area (Å²) in [7, 11) is 4.74.